The first-order valence-corrected chi connectivity index (χ1v) is 1.55. The van der Waals surface area contributed by atoms with Crippen LogP contribution in [0.3, 0.4) is 0 Å². The maximum Gasteiger partial charge on any atom is 1.00 e. The van der Waals surface area contributed by atoms with E-state index < -0.39 is 5.97 Å². The van der Waals surface area contributed by atoms with E-state index in [2.05, 4.69) is 9.99 Å². The van der Waals surface area contributed by atoms with Crippen molar-refractivity contribution in [2.75, 3.05) is 7.11 Å². The van der Waals surface area contributed by atoms with E-state index in [0.29, 0.717) is 6.21 Å². The molecule has 0 radical (unpaired) electrons. The van der Waals surface area contributed by atoms with Crippen LogP contribution in [-0.2, 0) is 9.63 Å². The summed E-state index contributed by atoms with van der Waals surface area (Å²) in [5.41, 5.74) is 0. The molecule has 8 heavy (non-hydrogen) atoms. The third-order valence-electron chi connectivity index (χ3n) is 0.264. The minimum Gasteiger partial charge on any atom is -0.544 e. The maximum atomic E-state index is 9.42. The van der Waals surface area contributed by atoms with Crippen LogP contribution in [0.2, 0.25) is 0 Å². The Balaban J connectivity index is 0. The third kappa shape index (κ3) is 9.76. The topological polar surface area (TPSA) is 61.7 Å². The largest absolute Gasteiger partial charge is 1.00 e. The summed E-state index contributed by atoms with van der Waals surface area (Å²) in [6.07, 6.45) is 0.556. The molecule has 5 heteroatoms. The summed E-state index contributed by atoms with van der Waals surface area (Å²) in [5.74, 6) is -1.36. The molecule has 0 aliphatic carbocycles. The van der Waals surface area contributed by atoms with Crippen molar-refractivity contribution in [2.45, 2.75) is 0 Å². The Kier molecular flexibility index (Phi) is 10.8. The van der Waals surface area contributed by atoms with Crippen LogP contribution in [-0.4, -0.2) is 19.3 Å². The molecule has 0 unspecified atom stereocenters. The number of carboxylic acids is 1. The van der Waals surface area contributed by atoms with Crippen LogP contribution in [0, 0.1) is 0 Å². The molecule has 40 valence electrons. The van der Waals surface area contributed by atoms with Crippen molar-refractivity contribution in [1.82, 2.24) is 0 Å². The average molecular weight is 141 g/mol. The predicted octanol–water partition coefficient (Wildman–Crippen LogP) is -4.63. The molecule has 0 aromatic rings. The third-order valence-corrected chi connectivity index (χ3v) is 0.264. The summed E-state index contributed by atoms with van der Waals surface area (Å²) in [7, 11) is 1.25. The Hall–Kier alpha value is 0.576. The monoisotopic (exact) mass is 141 g/mol. The molecule has 0 saturated heterocycles. The second-order valence-corrected chi connectivity index (χ2v) is 0.736. The Bertz CT molecular complexity index is 92.5. The van der Waals surface area contributed by atoms with Crippen molar-refractivity contribution in [2.24, 2.45) is 5.16 Å². The SMILES string of the molecule is CON=CC(=O)[O-].[K+]. The summed E-state index contributed by atoms with van der Waals surface area (Å²) >= 11 is 0. The molecule has 0 bridgehead atoms. The first kappa shape index (κ1) is 11.4. The van der Waals surface area contributed by atoms with E-state index in [0.717, 1.165) is 0 Å². The van der Waals surface area contributed by atoms with Crippen molar-refractivity contribution in [3.8, 4) is 0 Å². The van der Waals surface area contributed by atoms with Gasteiger partial charge in [-0.15, -0.1) is 0 Å². The van der Waals surface area contributed by atoms with Gasteiger partial charge < -0.3 is 14.7 Å². The van der Waals surface area contributed by atoms with Crippen LogP contribution in [0.5, 0.6) is 0 Å². The molecule has 0 aliphatic heterocycles. The van der Waals surface area contributed by atoms with Crippen LogP contribution in [0.25, 0.3) is 0 Å². The maximum absolute atomic E-state index is 9.42. The van der Waals surface area contributed by atoms with Gasteiger partial charge in [-0.25, -0.2) is 0 Å². The number of oxime groups is 1. The molecule has 0 fully saturated rings. The molecule has 4 nitrogen and oxygen atoms in total. The van der Waals surface area contributed by atoms with Gasteiger partial charge in [-0.3, -0.25) is 0 Å². The van der Waals surface area contributed by atoms with Crippen LogP contribution in [0.15, 0.2) is 5.16 Å². The quantitative estimate of drug-likeness (QED) is 0.221. The van der Waals surface area contributed by atoms with Gasteiger partial charge in [0.2, 0.25) is 0 Å². The number of hydrogen-bond acceptors (Lipinski definition) is 4. The summed E-state index contributed by atoms with van der Waals surface area (Å²) in [4.78, 5) is 13.4. The Morgan fingerprint density at radius 3 is 2.50 bits per heavy atom. The van der Waals surface area contributed by atoms with E-state index in [-0.39, 0.29) is 51.4 Å². The Labute approximate surface area is 89.3 Å². The van der Waals surface area contributed by atoms with Crippen molar-refractivity contribution in [3.05, 3.63) is 0 Å². The van der Waals surface area contributed by atoms with E-state index >= 15 is 0 Å². The number of carboxylic acid groups (broad SMARTS) is 1. The molecule has 0 heterocycles. The van der Waals surface area contributed by atoms with E-state index in [1.165, 1.54) is 7.11 Å². The van der Waals surface area contributed by atoms with Crippen molar-refractivity contribution < 1.29 is 66.1 Å². The van der Waals surface area contributed by atoms with Gasteiger partial charge in [-0.1, -0.05) is 5.16 Å². The van der Waals surface area contributed by atoms with Gasteiger partial charge in [0.25, 0.3) is 0 Å². The van der Waals surface area contributed by atoms with Crippen LogP contribution in [0.1, 0.15) is 0 Å². The molecule has 0 amide bonds. The molecule has 0 saturated carbocycles. The zero-order valence-corrected chi connectivity index (χ0v) is 7.87. The van der Waals surface area contributed by atoms with Gasteiger partial charge in [-0.05, 0) is 0 Å². The minimum absolute atomic E-state index is 0. The second kappa shape index (κ2) is 7.58. The smallest absolute Gasteiger partial charge is 0.544 e. The fraction of sp³-hybridized carbons (Fsp3) is 0.333. The van der Waals surface area contributed by atoms with Crippen LogP contribution in [0.4, 0.5) is 0 Å². The van der Waals surface area contributed by atoms with E-state index in [1.807, 2.05) is 0 Å². The number of nitrogens with zero attached hydrogens (tertiary/aromatic N) is 1. The van der Waals surface area contributed by atoms with Crippen LogP contribution >= 0.6 is 0 Å². The summed E-state index contributed by atoms with van der Waals surface area (Å²) in [5, 5.41) is 12.3. The first-order valence-electron chi connectivity index (χ1n) is 1.55. The van der Waals surface area contributed by atoms with Gasteiger partial charge in [-0.2, -0.15) is 0 Å². The van der Waals surface area contributed by atoms with Crippen LogP contribution < -0.4 is 56.5 Å². The van der Waals surface area contributed by atoms with E-state index in [1.54, 1.807) is 0 Å². The van der Waals surface area contributed by atoms with E-state index in [9.17, 15) is 9.90 Å². The molecular weight excluding hydrogens is 137 g/mol. The summed E-state index contributed by atoms with van der Waals surface area (Å²) < 4.78 is 0. The molecule has 0 atom stereocenters. The Morgan fingerprint density at radius 1 is 1.88 bits per heavy atom. The van der Waals surface area contributed by atoms with Gasteiger partial charge in [0.05, 0.1) is 12.2 Å². The molecule has 0 aromatic carbocycles. The Morgan fingerprint density at radius 2 is 2.38 bits per heavy atom. The predicted molar refractivity (Wildman–Crippen MR) is 20.5 cm³/mol. The first-order chi connectivity index (χ1) is 3.27. The molecule has 0 aromatic heterocycles. The number of hydrogen-bond donors (Lipinski definition) is 0. The minimum atomic E-state index is -1.36. The second-order valence-electron chi connectivity index (χ2n) is 0.736. The molecule has 0 N–H and O–H groups in total. The molecule has 0 spiro atoms. The fourth-order valence-corrected chi connectivity index (χ4v) is 0.0957. The molecule has 0 aliphatic rings. The zero-order chi connectivity index (χ0) is 5.70. The fourth-order valence-electron chi connectivity index (χ4n) is 0.0957. The molecular formula is C3H4KNO3. The van der Waals surface area contributed by atoms with Gasteiger partial charge in [0.1, 0.15) is 7.11 Å². The van der Waals surface area contributed by atoms with Crippen molar-refractivity contribution >= 4 is 12.2 Å². The number of aliphatic carboxylic acids is 1. The van der Waals surface area contributed by atoms with Gasteiger partial charge in [0, 0.05) is 0 Å². The van der Waals surface area contributed by atoms with E-state index in [4.69, 9.17) is 0 Å². The van der Waals surface area contributed by atoms with Crippen molar-refractivity contribution in [1.29, 1.82) is 0 Å². The number of rotatable bonds is 2. The standard InChI is InChI=1S/C3H5NO3.K/c1-7-4-2-3(5)6;/h2H,1H3,(H,5,6);/q;+1/p-1. The van der Waals surface area contributed by atoms with Crippen molar-refractivity contribution in [3.63, 3.8) is 0 Å². The normalized spacial score (nSPS) is 8.12. The zero-order valence-electron chi connectivity index (χ0n) is 4.75. The summed E-state index contributed by atoms with van der Waals surface area (Å²) in [6, 6.07) is 0. The average Bonchev–Trinajstić information content (AvgIpc) is 1.61. The number of carbonyl (C=O) groups is 1. The molecule has 0 rings (SSSR count). The van der Waals surface area contributed by atoms with Gasteiger partial charge >= 0.3 is 51.4 Å². The number of carbonyl (C=O) groups excluding carboxylic acids is 1. The summed E-state index contributed by atoms with van der Waals surface area (Å²) in [6.45, 7) is 0. The van der Waals surface area contributed by atoms with Gasteiger partial charge in [0.15, 0.2) is 0 Å².